The second-order valence-corrected chi connectivity index (χ2v) is 6.37. The average Bonchev–Trinajstić information content (AvgIpc) is 3.04. The highest BCUT2D eigenvalue weighted by Gasteiger charge is 2.20. The smallest absolute Gasteiger partial charge is 0.119 e. The number of hydrogen-bond acceptors (Lipinski definition) is 5. The van der Waals surface area contributed by atoms with E-state index in [-0.39, 0.29) is 6.10 Å². The van der Waals surface area contributed by atoms with Crippen LogP contribution in [0.3, 0.4) is 0 Å². The van der Waals surface area contributed by atoms with E-state index < -0.39 is 0 Å². The molecule has 6 nitrogen and oxygen atoms in total. The average molecular weight is 340 g/mol. The number of nitrogens with zero attached hydrogens (tertiary/aromatic N) is 4. The van der Waals surface area contributed by atoms with Crippen LogP contribution in [0, 0.1) is 18.3 Å². The molecule has 1 aliphatic rings. The molecule has 132 valence electrons. The van der Waals surface area contributed by atoms with Crippen molar-refractivity contribution in [1.82, 2.24) is 14.7 Å². The summed E-state index contributed by atoms with van der Waals surface area (Å²) >= 11 is 0. The van der Waals surface area contributed by atoms with Gasteiger partial charge in [-0.2, -0.15) is 10.4 Å². The molecule has 2 heterocycles. The molecule has 0 radical (unpaired) electrons. The minimum Gasteiger partial charge on any atom is -0.494 e. The van der Waals surface area contributed by atoms with Gasteiger partial charge in [0.25, 0.3) is 0 Å². The van der Waals surface area contributed by atoms with E-state index in [0.717, 1.165) is 45.0 Å². The van der Waals surface area contributed by atoms with E-state index in [1.165, 1.54) is 5.56 Å². The molecule has 0 unspecified atom stereocenters. The van der Waals surface area contributed by atoms with E-state index in [1.54, 1.807) is 12.1 Å². The van der Waals surface area contributed by atoms with Crippen molar-refractivity contribution < 1.29 is 9.47 Å². The van der Waals surface area contributed by atoms with Gasteiger partial charge in [-0.1, -0.05) is 0 Å². The Morgan fingerprint density at radius 3 is 2.92 bits per heavy atom. The van der Waals surface area contributed by atoms with Gasteiger partial charge in [0.05, 0.1) is 43.7 Å². The summed E-state index contributed by atoms with van der Waals surface area (Å²) in [6, 6.07) is 9.35. The predicted molar refractivity (Wildman–Crippen MR) is 94.4 cm³/mol. The third-order valence-corrected chi connectivity index (χ3v) is 4.25. The van der Waals surface area contributed by atoms with Crippen LogP contribution in [-0.4, -0.2) is 53.6 Å². The van der Waals surface area contributed by atoms with Gasteiger partial charge in [-0.25, -0.2) is 0 Å². The van der Waals surface area contributed by atoms with Gasteiger partial charge in [0, 0.05) is 25.8 Å². The van der Waals surface area contributed by atoms with Gasteiger partial charge < -0.3 is 9.47 Å². The van der Waals surface area contributed by atoms with Crippen molar-refractivity contribution in [2.45, 2.75) is 26.0 Å². The zero-order valence-electron chi connectivity index (χ0n) is 14.6. The number of hydrogen-bond donors (Lipinski definition) is 0. The summed E-state index contributed by atoms with van der Waals surface area (Å²) in [5.74, 6) is 0.813. The summed E-state index contributed by atoms with van der Waals surface area (Å²) < 4.78 is 13.6. The first-order valence-electron chi connectivity index (χ1n) is 8.69. The second kappa shape index (κ2) is 8.65. The van der Waals surface area contributed by atoms with E-state index >= 15 is 0 Å². The molecule has 1 aromatic carbocycles. The highest BCUT2D eigenvalue weighted by molar-refractivity contribution is 5.34. The molecule has 1 aliphatic heterocycles. The van der Waals surface area contributed by atoms with Gasteiger partial charge in [-0.3, -0.25) is 9.58 Å². The topological polar surface area (TPSA) is 63.3 Å². The van der Waals surface area contributed by atoms with Gasteiger partial charge in [0.15, 0.2) is 0 Å². The fourth-order valence-corrected chi connectivity index (χ4v) is 2.97. The van der Waals surface area contributed by atoms with E-state index in [0.29, 0.717) is 12.2 Å². The summed E-state index contributed by atoms with van der Waals surface area (Å²) in [5.41, 5.74) is 1.83. The van der Waals surface area contributed by atoms with Crippen molar-refractivity contribution in [3.8, 4) is 11.8 Å². The molecule has 0 spiro atoms. The summed E-state index contributed by atoms with van der Waals surface area (Å²) in [7, 11) is 0. The Morgan fingerprint density at radius 1 is 1.36 bits per heavy atom. The molecule has 6 heteroatoms. The van der Waals surface area contributed by atoms with Gasteiger partial charge >= 0.3 is 0 Å². The van der Waals surface area contributed by atoms with E-state index in [4.69, 9.17) is 14.7 Å². The maximum atomic E-state index is 8.79. The molecule has 0 amide bonds. The van der Waals surface area contributed by atoms with E-state index in [9.17, 15) is 0 Å². The number of rotatable bonds is 7. The second-order valence-electron chi connectivity index (χ2n) is 6.37. The van der Waals surface area contributed by atoms with Gasteiger partial charge in [0.1, 0.15) is 5.75 Å². The molecule has 0 N–H and O–H groups in total. The largest absolute Gasteiger partial charge is 0.494 e. The third kappa shape index (κ3) is 5.31. The van der Waals surface area contributed by atoms with Crippen molar-refractivity contribution in [3.05, 3.63) is 47.8 Å². The summed E-state index contributed by atoms with van der Waals surface area (Å²) in [6.07, 6.45) is 5.08. The number of morpholine rings is 1. The number of ether oxygens (including phenoxy) is 2. The molecule has 0 aliphatic carbocycles. The quantitative estimate of drug-likeness (QED) is 0.723. The van der Waals surface area contributed by atoms with Crippen molar-refractivity contribution in [1.29, 1.82) is 5.26 Å². The molecule has 3 rings (SSSR count). The molecular weight excluding hydrogens is 316 g/mol. The molecule has 1 atom stereocenters. The number of nitriles is 1. The van der Waals surface area contributed by atoms with Crippen molar-refractivity contribution in [2.24, 2.45) is 0 Å². The van der Waals surface area contributed by atoms with Crippen LogP contribution >= 0.6 is 0 Å². The zero-order chi connectivity index (χ0) is 17.5. The maximum absolute atomic E-state index is 8.79. The SMILES string of the molecule is Cc1cnn(C[C@@H]2CN(CCCOc3ccc(C#N)cc3)CCO2)c1. The molecule has 0 saturated carbocycles. The van der Waals surface area contributed by atoms with Gasteiger partial charge in [-0.05, 0) is 43.2 Å². The van der Waals surface area contributed by atoms with Crippen molar-refractivity contribution >= 4 is 0 Å². The summed E-state index contributed by atoms with van der Waals surface area (Å²) in [4.78, 5) is 2.42. The Bertz CT molecular complexity index is 705. The Hall–Kier alpha value is -2.36. The van der Waals surface area contributed by atoms with Crippen LogP contribution in [-0.2, 0) is 11.3 Å². The lowest BCUT2D eigenvalue weighted by molar-refractivity contribution is -0.0383. The van der Waals surface area contributed by atoms with Crippen LogP contribution in [0.15, 0.2) is 36.7 Å². The first kappa shape index (κ1) is 17.5. The summed E-state index contributed by atoms with van der Waals surface area (Å²) in [5, 5.41) is 13.1. The van der Waals surface area contributed by atoms with Crippen molar-refractivity contribution in [2.75, 3.05) is 32.8 Å². The fourth-order valence-electron chi connectivity index (χ4n) is 2.97. The molecule has 1 fully saturated rings. The minimum absolute atomic E-state index is 0.187. The lowest BCUT2D eigenvalue weighted by Gasteiger charge is -2.32. The van der Waals surface area contributed by atoms with Crippen LogP contribution in [0.4, 0.5) is 0 Å². The Labute approximate surface area is 148 Å². The first-order valence-corrected chi connectivity index (χ1v) is 8.69. The normalized spacial score (nSPS) is 18.0. The van der Waals surface area contributed by atoms with Crippen LogP contribution in [0.1, 0.15) is 17.5 Å². The molecule has 2 aromatic rings. The number of aryl methyl sites for hydroxylation is 1. The monoisotopic (exact) mass is 340 g/mol. The van der Waals surface area contributed by atoms with Crippen LogP contribution in [0.2, 0.25) is 0 Å². The van der Waals surface area contributed by atoms with Crippen LogP contribution < -0.4 is 4.74 Å². The van der Waals surface area contributed by atoms with Gasteiger partial charge in [-0.15, -0.1) is 0 Å². The highest BCUT2D eigenvalue weighted by atomic mass is 16.5. The first-order chi connectivity index (χ1) is 12.2. The molecule has 1 saturated heterocycles. The Kier molecular flexibility index (Phi) is 6.04. The molecule has 1 aromatic heterocycles. The predicted octanol–water partition coefficient (Wildman–Crippen LogP) is 2.23. The molecular formula is C19H24N4O2. The van der Waals surface area contributed by atoms with Crippen molar-refractivity contribution in [3.63, 3.8) is 0 Å². The summed E-state index contributed by atoms with van der Waals surface area (Å²) in [6.45, 7) is 7.17. The Morgan fingerprint density at radius 2 is 2.20 bits per heavy atom. The number of aromatic nitrogens is 2. The van der Waals surface area contributed by atoms with E-state index in [2.05, 4.69) is 16.1 Å². The van der Waals surface area contributed by atoms with Gasteiger partial charge in [0.2, 0.25) is 0 Å². The molecule has 0 bridgehead atoms. The van der Waals surface area contributed by atoms with Crippen LogP contribution in [0.5, 0.6) is 5.75 Å². The highest BCUT2D eigenvalue weighted by Crippen LogP contribution is 2.12. The Balaban J connectivity index is 1.37. The molecule has 25 heavy (non-hydrogen) atoms. The lowest BCUT2D eigenvalue weighted by Crippen LogP contribution is -2.44. The number of benzene rings is 1. The zero-order valence-corrected chi connectivity index (χ0v) is 14.6. The minimum atomic E-state index is 0.187. The van der Waals surface area contributed by atoms with Crippen LogP contribution in [0.25, 0.3) is 0 Å². The maximum Gasteiger partial charge on any atom is 0.119 e. The standard InChI is InChI=1S/C19H24N4O2/c1-16-12-21-23(13-16)15-19-14-22(8-10-25-19)7-2-9-24-18-5-3-17(11-20)4-6-18/h3-6,12-13,19H,2,7-10,14-15H2,1H3/t19-/m0/s1. The fraction of sp³-hybridized carbons (Fsp3) is 0.474. The lowest BCUT2D eigenvalue weighted by atomic mass is 10.2. The van der Waals surface area contributed by atoms with E-state index in [1.807, 2.05) is 36.1 Å². The third-order valence-electron chi connectivity index (χ3n) is 4.25.